The van der Waals surface area contributed by atoms with Crippen LogP contribution in [0, 0.1) is 0 Å². The Morgan fingerprint density at radius 1 is 1.04 bits per heavy atom. The minimum Gasteiger partial charge on any atom is -0.472 e. The molecule has 144 valence electrons. The predicted molar refractivity (Wildman–Crippen MR) is 106 cm³/mol. The third kappa shape index (κ3) is 4.04. The molecule has 3 amide bonds. The Morgan fingerprint density at radius 3 is 2.54 bits per heavy atom. The number of hydrogen-bond acceptors (Lipinski definition) is 5. The first-order valence-electron chi connectivity index (χ1n) is 9.20. The average molecular weight is 396 g/mol. The maximum atomic E-state index is 12.5. The number of carbonyl (C=O) groups is 3. The molecule has 0 aromatic heterocycles. The van der Waals surface area contributed by atoms with Crippen LogP contribution in [0.3, 0.4) is 0 Å². The number of carbonyl (C=O) groups excluding carboxylic acids is 3. The topological polar surface area (TPSA) is 75.7 Å². The molecule has 0 spiro atoms. The first-order valence-corrected chi connectivity index (χ1v) is 10.1. The van der Waals surface area contributed by atoms with Gasteiger partial charge in [0.05, 0.1) is 10.8 Å². The lowest BCUT2D eigenvalue weighted by molar-refractivity contribution is -0.118. The molecule has 7 heteroatoms. The molecule has 4 rings (SSSR count). The lowest BCUT2D eigenvalue weighted by Crippen LogP contribution is -2.39. The summed E-state index contributed by atoms with van der Waals surface area (Å²) in [6, 6.07) is 15.4. The summed E-state index contributed by atoms with van der Waals surface area (Å²) in [5.74, 6) is 0.447. The van der Waals surface area contributed by atoms with E-state index < -0.39 is 0 Å². The average Bonchev–Trinajstić information content (AvgIpc) is 3.02. The summed E-state index contributed by atoms with van der Waals surface area (Å²) >= 11 is 1.05. The van der Waals surface area contributed by atoms with Crippen molar-refractivity contribution in [3.05, 3.63) is 65.2 Å². The van der Waals surface area contributed by atoms with Gasteiger partial charge in [0.15, 0.2) is 6.73 Å². The van der Waals surface area contributed by atoms with Crippen LogP contribution in [0.1, 0.15) is 27.9 Å². The van der Waals surface area contributed by atoms with Crippen molar-refractivity contribution in [2.45, 2.75) is 24.5 Å². The molecule has 0 aliphatic carbocycles. The molecule has 2 heterocycles. The van der Waals surface area contributed by atoms with Crippen molar-refractivity contribution in [1.82, 2.24) is 10.2 Å². The maximum Gasteiger partial charge on any atom is 0.286 e. The third-order valence-corrected chi connectivity index (χ3v) is 5.87. The molecule has 28 heavy (non-hydrogen) atoms. The molecule has 2 aromatic rings. The quantitative estimate of drug-likeness (QED) is 0.812. The van der Waals surface area contributed by atoms with Crippen molar-refractivity contribution in [1.29, 1.82) is 0 Å². The monoisotopic (exact) mass is 396 g/mol. The van der Waals surface area contributed by atoms with Gasteiger partial charge >= 0.3 is 0 Å². The largest absolute Gasteiger partial charge is 0.472 e. The Labute approximate surface area is 167 Å². The van der Waals surface area contributed by atoms with Gasteiger partial charge in [0.2, 0.25) is 5.91 Å². The van der Waals surface area contributed by atoms with E-state index in [1.54, 1.807) is 11.0 Å². The Kier molecular flexibility index (Phi) is 5.34. The zero-order valence-electron chi connectivity index (χ0n) is 15.2. The molecule has 0 radical (unpaired) electrons. The summed E-state index contributed by atoms with van der Waals surface area (Å²) < 4.78 is 5.65. The number of para-hydroxylation sites is 1. The first-order chi connectivity index (χ1) is 13.6. The highest BCUT2D eigenvalue weighted by molar-refractivity contribution is 8.15. The second kappa shape index (κ2) is 8.06. The number of nitrogens with zero attached hydrogens (tertiary/aromatic N) is 1. The molecule has 2 aliphatic heterocycles. The number of nitrogens with one attached hydrogen (secondary N) is 1. The van der Waals surface area contributed by atoms with Gasteiger partial charge in [0.1, 0.15) is 5.75 Å². The van der Waals surface area contributed by atoms with E-state index in [0.717, 1.165) is 30.2 Å². The maximum absolute atomic E-state index is 12.5. The fourth-order valence-electron chi connectivity index (χ4n) is 3.37. The molecule has 1 saturated heterocycles. The van der Waals surface area contributed by atoms with E-state index in [1.165, 1.54) is 5.56 Å². The van der Waals surface area contributed by atoms with Gasteiger partial charge in [-0.05, 0) is 42.5 Å². The van der Waals surface area contributed by atoms with E-state index in [4.69, 9.17) is 4.74 Å². The number of hydrogen-bond donors (Lipinski definition) is 1. The number of ether oxygens (including phenoxy) is 1. The molecule has 1 N–H and O–H groups in total. The summed E-state index contributed by atoms with van der Waals surface area (Å²) in [5.41, 5.74) is 2.82. The molecule has 1 fully saturated rings. The SMILES string of the molecule is O=C1NC(=O)C(Cc2ccc(CCCN3COc4ccccc4C3=O)cc2)S1. The summed E-state index contributed by atoms with van der Waals surface area (Å²) in [5, 5.41) is 1.70. The molecular weight excluding hydrogens is 376 g/mol. The number of amides is 3. The Hall–Kier alpha value is -2.80. The van der Waals surface area contributed by atoms with Crippen molar-refractivity contribution >= 4 is 28.8 Å². The normalized spacial score (nSPS) is 18.6. The minimum absolute atomic E-state index is 0.0130. The second-order valence-corrected chi connectivity index (χ2v) is 8.02. The van der Waals surface area contributed by atoms with Crippen LogP contribution in [0.25, 0.3) is 0 Å². The zero-order valence-corrected chi connectivity index (χ0v) is 16.0. The lowest BCUT2D eigenvalue weighted by atomic mass is 10.0. The molecule has 1 atom stereocenters. The molecule has 6 nitrogen and oxygen atoms in total. The number of fused-ring (bicyclic) bond motifs is 1. The van der Waals surface area contributed by atoms with Gasteiger partial charge in [0.25, 0.3) is 11.1 Å². The van der Waals surface area contributed by atoms with E-state index in [0.29, 0.717) is 24.3 Å². The minimum atomic E-state index is -0.341. The highest BCUT2D eigenvalue weighted by atomic mass is 32.2. The van der Waals surface area contributed by atoms with Gasteiger partial charge in [-0.3, -0.25) is 19.7 Å². The zero-order chi connectivity index (χ0) is 19.5. The van der Waals surface area contributed by atoms with Gasteiger partial charge in [-0.25, -0.2) is 0 Å². The molecule has 0 bridgehead atoms. The van der Waals surface area contributed by atoms with Gasteiger partial charge in [-0.15, -0.1) is 0 Å². The summed E-state index contributed by atoms with van der Waals surface area (Å²) in [4.78, 5) is 37.1. The van der Waals surface area contributed by atoms with Crippen molar-refractivity contribution in [2.24, 2.45) is 0 Å². The number of imide groups is 1. The Morgan fingerprint density at radius 2 is 1.79 bits per heavy atom. The third-order valence-electron chi connectivity index (χ3n) is 4.89. The van der Waals surface area contributed by atoms with E-state index >= 15 is 0 Å². The second-order valence-electron chi connectivity index (χ2n) is 6.85. The van der Waals surface area contributed by atoms with Crippen molar-refractivity contribution < 1.29 is 19.1 Å². The highest BCUT2D eigenvalue weighted by Crippen LogP contribution is 2.25. The van der Waals surface area contributed by atoms with Gasteiger partial charge in [-0.2, -0.15) is 0 Å². The van der Waals surface area contributed by atoms with E-state index in [2.05, 4.69) is 5.32 Å². The van der Waals surface area contributed by atoms with Crippen LogP contribution < -0.4 is 10.1 Å². The van der Waals surface area contributed by atoms with Crippen LogP contribution in [-0.2, 0) is 17.6 Å². The molecule has 2 aliphatic rings. The fraction of sp³-hybridized carbons (Fsp3) is 0.286. The first kappa shape index (κ1) is 18.6. The van der Waals surface area contributed by atoms with Gasteiger partial charge < -0.3 is 9.64 Å². The number of aryl methyl sites for hydroxylation is 1. The highest BCUT2D eigenvalue weighted by Gasteiger charge is 2.31. The molecule has 2 aromatic carbocycles. The van der Waals surface area contributed by atoms with E-state index in [-0.39, 0.29) is 29.0 Å². The van der Waals surface area contributed by atoms with Crippen LogP contribution >= 0.6 is 11.8 Å². The standard InChI is InChI=1S/C21H20N2O4S/c24-19-18(28-21(26)22-19)12-15-9-7-14(8-10-15)4-3-11-23-13-27-17-6-2-1-5-16(17)20(23)25/h1-2,5-10,18H,3-4,11-13H2,(H,22,24,26). The van der Waals surface area contributed by atoms with Crippen LogP contribution in [0.15, 0.2) is 48.5 Å². The van der Waals surface area contributed by atoms with Crippen LogP contribution in [0.4, 0.5) is 4.79 Å². The van der Waals surface area contributed by atoms with Gasteiger partial charge in [0, 0.05) is 6.54 Å². The Balaban J connectivity index is 1.27. The number of thioether (sulfide) groups is 1. The van der Waals surface area contributed by atoms with Crippen LogP contribution in [-0.4, -0.2) is 40.5 Å². The van der Waals surface area contributed by atoms with Crippen LogP contribution in [0.5, 0.6) is 5.75 Å². The van der Waals surface area contributed by atoms with Gasteiger partial charge in [-0.1, -0.05) is 48.2 Å². The molecule has 1 unspecified atom stereocenters. The Bertz CT molecular complexity index is 913. The van der Waals surface area contributed by atoms with Crippen LogP contribution in [0.2, 0.25) is 0 Å². The number of benzene rings is 2. The summed E-state index contributed by atoms with van der Waals surface area (Å²) in [6.45, 7) is 0.921. The summed E-state index contributed by atoms with van der Waals surface area (Å²) in [7, 11) is 0. The smallest absolute Gasteiger partial charge is 0.286 e. The summed E-state index contributed by atoms with van der Waals surface area (Å²) in [6.07, 6.45) is 2.23. The predicted octanol–water partition coefficient (Wildman–Crippen LogP) is 3.01. The van der Waals surface area contributed by atoms with E-state index in [9.17, 15) is 14.4 Å². The number of rotatable bonds is 6. The fourth-order valence-corrected chi connectivity index (χ4v) is 4.23. The molecular formula is C21H20N2O4S. The van der Waals surface area contributed by atoms with Crippen molar-refractivity contribution in [3.8, 4) is 5.75 Å². The lowest BCUT2D eigenvalue weighted by Gasteiger charge is -2.28. The van der Waals surface area contributed by atoms with Crippen molar-refractivity contribution in [2.75, 3.05) is 13.3 Å². The van der Waals surface area contributed by atoms with Crippen molar-refractivity contribution in [3.63, 3.8) is 0 Å². The molecule has 0 saturated carbocycles. The van der Waals surface area contributed by atoms with E-state index in [1.807, 2.05) is 42.5 Å².